The maximum absolute atomic E-state index is 12.4. The van der Waals surface area contributed by atoms with Crippen molar-refractivity contribution in [2.24, 2.45) is 5.92 Å². The predicted molar refractivity (Wildman–Crippen MR) is 64.5 cm³/mol. The number of amides is 3. The summed E-state index contributed by atoms with van der Waals surface area (Å²) in [7, 11) is 0. The fraction of sp³-hybridized carbons (Fsp3) is 0.750. The second-order valence-electron chi connectivity index (χ2n) is 5.11. The number of hydrogen-bond acceptors (Lipinski definition) is 4. The number of nitrogens with one attached hydrogen (secondary N) is 2. The van der Waals surface area contributed by atoms with Crippen molar-refractivity contribution in [1.29, 1.82) is 0 Å². The molecule has 6 heteroatoms. The fourth-order valence-electron chi connectivity index (χ4n) is 2.54. The Morgan fingerprint density at radius 3 is 2.72 bits per heavy atom. The van der Waals surface area contributed by atoms with Crippen LogP contribution in [0.2, 0.25) is 0 Å². The average Bonchev–Trinajstić information content (AvgIpc) is 2.33. The zero-order valence-electron chi connectivity index (χ0n) is 10.7. The van der Waals surface area contributed by atoms with Gasteiger partial charge < -0.3 is 10.2 Å². The lowest BCUT2D eigenvalue weighted by atomic mass is 9.91. The van der Waals surface area contributed by atoms with E-state index in [1.807, 2.05) is 6.92 Å². The number of nitrogens with zero attached hydrogens (tertiary/aromatic N) is 1. The van der Waals surface area contributed by atoms with Gasteiger partial charge in [0.25, 0.3) is 0 Å². The van der Waals surface area contributed by atoms with Gasteiger partial charge in [0, 0.05) is 0 Å². The highest BCUT2D eigenvalue weighted by molar-refractivity contribution is 6.04. The van der Waals surface area contributed by atoms with E-state index in [9.17, 15) is 14.4 Å². The van der Waals surface area contributed by atoms with E-state index in [4.69, 9.17) is 0 Å². The molecule has 2 heterocycles. The van der Waals surface area contributed by atoms with E-state index >= 15 is 0 Å². The highest BCUT2D eigenvalue weighted by Crippen LogP contribution is 2.19. The Morgan fingerprint density at radius 2 is 2.06 bits per heavy atom. The van der Waals surface area contributed by atoms with Crippen LogP contribution in [0.4, 0.5) is 0 Å². The highest BCUT2D eigenvalue weighted by Gasteiger charge is 2.38. The normalized spacial score (nSPS) is 33.2. The van der Waals surface area contributed by atoms with Crippen molar-refractivity contribution in [3.63, 3.8) is 0 Å². The van der Waals surface area contributed by atoms with Gasteiger partial charge in [-0.15, -0.1) is 0 Å². The predicted octanol–water partition coefficient (Wildman–Crippen LogP) is -0.752. The molecule has 0 radical (unpaired) electrons. The minimum atomic E-state index is -0.578. The molecule has 100 valence electrons. The zero-order chi connectivity index (χ0) is 13.3. The molecule has 0 aromatic carbocycles. The first-order valence-electron chi connectivity index (χ1n) is 6.38. The van der Waals surface area contributed by atoms with Crippen molar-refractivity contribution in [2.45, 2.75) is 38.8 Å². The molecule has 0 bridgehead atoms. The molecule has 18 heavy (non-hydrogen) atoms. The summed E-state index contributed by atoms with van der Waals surface area (Å²) in [4.78, 5) is 36.7. The lowest BCUT2D eigenvalue weighted by molar-refractivity contribution is -0.151. The van der Waals surface area contributed by atoms with Gasteiger partial charge in [0.1, 0.15) is 12.6 Å². The van der Waals surface area contributed by atoms with E-state index in [2.05, 4.69) is 10.6 Å². The van der Waals surface area contributed by atoms with E-state index in [-0.39, 0.29) is 24.4 Å². The summed E-state index contributed by atoms with van der Waals surface area (Å²) >= 11 is 0. The molecule has 2 rings (SSSR count). The van der Waals surface area contributed by atoms with Crippen molar-refractivity contribution in [2.75, 3.05) is 13.1 Å². The molecule has 2 aliphatic heterocycles. The molecule has 6 nitrogen and oxygen atoms in total. The molecule has 0 aliphatic carbocycles. The summed E-state index contributed by atoms with van der Waals surface area (Å²) in [5.74, 6) is -0.714. The lowest BCUT2D eigenvalue weighted by Gasteiger charge is -2.37. The minimum Gasteiger partial charge on any atom is -0.320 e. The van der Waals surface area contributed by atoms with Gasteiger partial charge in [0.15, 0.2) is 0 Å². The quantitative estimate of drug-likeness (QED) is 0.603. The monoisotopic (exact) mass is 253 g/mol. The fourth-order valence-corrected chi connectivity index (χ4v) is 2.54. The second kappa shape index (κ2) is 5.06. The first-order chi connectivity index (χ1) is 8.50. The van der Waals surface area contributed by atoms with Gasteiger partial charge in [-0.1, -0.05) is 6.92 Å². The number of carbonyl (C=O) groups excluding carboxylic acids is 3. The zero-order valence-corrected chi connectivity index (χ0v) is 10.7. The van der Waals surface area contributed by atoms with Gasteiger partial charge in [-0.2, -0.15) is 0 Å². The maximum atomic E-state index is 12.4. The molecule has 3 unspecified atom stereocenters. The Hall–Kier alpha value is -1.43. The van der Waals surface area contributed by atoms with Gasteiger partial charge in [-0.3, -0.25) is 19.7 Å². The number of hydrogen-bond donors (Lipinski definition) is 2. The second-order valence-corrected chi connectivity index (χ2v) is 5.11. The minimum absolute atomic E-state index is 0.0311. The standard InChI is InChI=1S/C12H19N3O3/c1-7-4-3-5-13-10(7)12(18)15-6-9(16)14-11(17)8(15)2/h7-8,10,13H,3-6H2,1-2H3,(H,14,16,17). The summed E-state index contributed by atoms with van der Waals surface area (Å²) in [6, 6.07) is -0.856. The summed E-state index contributed by atoms with van der Waals surface area (Å²) in [5, 5.41) is 5.42. The van der Waals surface area contributed by atoms with Crippen LogP contribution in [0.25, 0.3) is 0 Å². The molecule has 0 aromatic rings. The molecule has 0 saturated carbocycles. The van der Waals surface area contributed by atoms with Crippen molar-refractivity contribution >= 4 is 17.7 Å². The Morgan fingerprint density at radius 1 is 1.33 bits per heavy atom. The van der Waals surface area contributed by atoms with Crippen molar-refractivity contribution in [3.8, 4) is 0 Å². The van der Waals surface area contributed by atoms with Gasteiger partial charge in [0.05, 0.1) is 6.04 Å². The summed E-state index contributed by atoms with van der Waals surface area (Å²) in [6.45, 7) is 4.44. The van der Waals surface area contributed by atoms with E-state index in [1.165, 1.54) is 4.90 Å². The van der Waals surface area contributed by atoms with Gasteiger partial charge in [-0.05, 0) is 32.2 Å². The van der Waals surface area contributed by atoms with Gasteiger partial charge in [0.2, 0.25) is 17.7 Å². The molecule has 2 saturated heterocycles. The van der Waals surface area contributed by atoms with E-state index in [0.717, 1.165) is 19.4 Å². The molecule has 3 atom stereocenters. The smallest absolute Gasteiger partial charge is 0.249 e. The largest absolute Gasteiger partial charge is 0.320 e. The van der Waals surface area contributed by atoms with Crippen LogP contribution >= 0.6 is 0 Å². The van der Waals surface area contributed by atoms with Crippen LogP contribution in [-0.2, 0) is 14.4 Å². The molecule has 0 spiro atoms. The first kappa shape index (κ1) is 13.0. The van der Waals surface area contributed by atoms with E-state index in [0.29, 0.717) is 0 Å². The van der Waals surface area contributed by atoms with Crippen LogP contribution in [0.15, 0.2) is 0 Å². The molecule has 3 amide bonds. The highest BCUT2D eigenvalue weighted by atomic mass is 16.2. The van der Waals surface area contributed by atoms with Crippen LogP contribution < -0.4 is 10.6 Å². The molecule has 2 fully saturated rings. The lowest BCUT2D eigenvalue weighted by Crippen LogP contribution is -2.63. The molecular weight excluding hydrogens is 234 g/mol. The van der Waals surface area contributed by atoms with Crippen molar-refractivity contribution in [1.82, 2.24) is 15.5 Å². The van der Waals surface area contributed by atoms with Crippen LogP contribution in [-0.4, -0.2) is 47.8 Å². The maximum Gasteiger partial charge on any atom is 0.249 e. The summed E-state index contributed by atoms with van der Waals surface area (Å²) in [5.41, 5.74) is 0. The third kappa shape index (κ3) is 2.38. The Balaban J connectivity index is 2.11. The number of imide groups is 1. The topological polar surface area (TPSA) is 78.5 Å². The van der Waals surface area contributed by atoms with Crippen LogP contribution in [0, 0.1) is 5.92 Å². The number of rotatable bonds is 1. The summed E-state index contributed by atoms with van der Waals surface area (Å²) < 4.78 is 0. The van der Waals surface area contributed by atoms with Crippen molar-refractivity contribution < 1.29 is 14.4 Å². The first-order valence-corrected chi connectivity index (χ1v) is 6.38. The summed E-state index contributed by atoms with van der Waals surface area (Å²) in [6.07, 6.45) is 2.05. The molecule has 2 aliphatic rings. The third-order valence-corrected chi connectivity index (χ3v) is 3.74. The number of piperazine rings is 1. The Kier molecular flexibility index (Phi) is 3.65. The average molecular weight is 253 g/mol. The van der Waals surface area contributed by atoms with E-state index in [1.54, 1.807) is 6.92 Å². The van der Waals surface area contributed by atoms with Crippen molar-refractivity contribution in [3.05, 3.63) is 0 Å². The van der Waals surface area contributed by atoms with Crippen LogP contribution in [0.3, 0.4) is 0 Å². The Bertz CT molecular complexity index is 383. The molecule has 2 N–H and O–H groups in total. The Labute approximate surface area is 106 Å². The van der Waals surface area contributed by atoms with Crippen LogP contribution in [0.5, 0.6) is 0 Å². The molecule has 0 aromatic heterocycles. The van der Waals surface area contributed by atoms with Gasteiger partial charge >= 0.3 is 0 Å². The van der Waals surface area contributed by atoms with Gasteiger partial charge in [-0.25, -0.2) is 0 Å². The molecular formula is C12H19N3O3. The third-order valence-electron chi connectivity index (χ3n) is 3.74. The SMILES string of the molecule is CC1CCCNC1C(=O)N1CC(=O)NC(=O)C1C. The number of piperidine rings is 1. The van der Waals surface area contributed by atoms with Crippen LogP contribution in [0.1, 0.15) is 26.7 Å². The van der Waals surface area contributed by atoms with E-state index < -0.39 is 17.9 Å². The number of carbonyl (C=O) groups is 3.